The van der Waals surface area contributed by atoms with Gasteiger partial charge >= 0.3 is 0 Å². The van der Waals surface area contributed by atoms with Gasteiger partial charge in [-0.15, -0.1) is 0 Å². The molecule has 90 valence electrons. The molecule has 1 fully saturated rings. The summed E-state index contributed by atoms with van der Waals surface area (Å²) >= 11 is 0. The minimum Gasteiger partial charge on any atom is -0.381 e. The van der Waals surface area contributed by atoms with Crippen LogP contribution in [-0.4, -0.2) is 32.8 Å². The number of nitrogens with one attached hydrogen (secondary N) is 1. The summed E-state index contributed by atoms with van der Waals surface area (Å²) in [5.74, 6) is 1.99. The molecule has 0 aromatic carbocycles. The molecule has 1 heterocycles. The Balaban J connectivity index is 2.08. The van der Waals surface area contributed by atoms with Gasteiger partial charge in [-0.05, 0) is 43.7 Å². The van der Waals surface area contributed by atoms with Crippen molar-refractivity contribution in [1.82, 2.24) is 5.32 Å². The Labute approximate surface area is 93.8 Å². The lowest BCUT2D eigenvalue weighted by Crippen LogP contribution is -2.36. The van der Waals surface area contributed by atoms with E-state index < -0.39 is 0 Å². The van der Waals surface area contributed by atoms with Gasteiger partial charge in [0.05, 0.1) is 6.61 Å². The Hall–Kier alpha value is -0.120. The number of rotatable bonds is 6. The van der Waals surface area contributed by atoms with E-state index in [0.29, 0.717) is 17.8 Å². The summed E-state index contributed by atoms with van der Waals surface area (Å²) in [5.41, 5.74) is 5.73. The standard InChI is InChI=1S/C12H26N2O/c1-10(2)12(6-13)8-14-7-11-4-3-5-15-9-11/h10-12,14H,3-9,13H2,1-2H3. The van der Waals surface area contributed by atoms with Gasteiger partial charge < -0.3 is 15.8 Å². The lowest BCUT2D eigenvalue weighted by molar-refractivity contribution is 0.0544. The van der Waals surface area contributed by atoms with E-state index in [-0.39, 0.29) is 0 Å². The van der Waals surface area contributed by atoms with Crippen LogP contribution in [0.5, 0.6) is 0 Å². The van der Waals surface area contributed by atoms with E-state index in [0.717, 1.165) is 32.8 Å². The highest BCUT2D eigenvalue weighted by atomic mass is 16.5. The minimum absolute atomic E-state index is 0.606. The van der Waals surface area contributed by atoms with Gasteiger partial charge in [0.1, 0.15) is 0 Å². The van der Waals surface area contributed by atoms with E-state index in [9.17, 15) is 0 Å². The summed E-state index contributed by atoms with van der Waals surface area (Å²) in [6.45, 7) is 9.28. The van der Waals surface area contributed by atoms with Crippen LogP contribution in [0.25, 0.3) is 0 Å². The summed E-state index contributed by atoms with van der Waals surface area (Å²) in [7, 11) is 0. The number of hydrogen-bond donors (Lipinski definition) is 2. The third kappa shape index (κ3) is 4.96. The molecule has 0 aliphatic carbocycles. The Morgan fingerprint density at radius 3 is 2.80 bits per heavy atom. The van der Waals surface area contributed by atoms with Crippen molar-refractivity contribution in [3.05, 3.63) is 0 Å². The highest BCUT2D eigenvalue weighted by molar-refractivity contribution is 4.70. The average molecular weight is 214 g/mol. The van der Waals surface area contributed by atoms with Crippen LogP contribution in [0, 0.1) is 17.8 Å². The molecule has 0 aromatic heterocycles. The molecule has 0 spiro atoms. The first kappa shape index (κ1) is 12.9. The molecule has 1 saturated heterocycles. The summed E-state index contributed by atoms with van der Waals surface area (Å²) < 4.78 is 5.45. The van der Waals surface area contributed by atoms with Gasteiger partial charge in [-0.25, -0.2) is 0 Å². The fourth-order valence-corrected chi connectivity index (χ4v) is 2.03. The van der Waals surface area contributed by atoms with E-state index in [1.807, 2.05) is 0 Å². The monoisotopic (exact) mass is 214 g/mol. The van der Waals surface area contributed by atoms with E-state index in [1.165, 1.54) is 12.8 Å². The first-order chi connectivity index (χ1) is 7.24. The van der Waals surface area contributed by atoms with Gasteiger partial charge in [0.25, 0.3) is 0 Å². The fourth-order valence-electron chi connectivity index (χ4n) is 2.03. The van der Waals surface area contributed by atoms with Gasteiger partial charge in [0.15, 0.2) is 0 Å². The number of ether oxygens (including phenoxy) is 1. The molecule has 1 rings (SSSR count). The normalized spacial score (nSPS) is 24.4. The van der Waals surface area contributed by atoms with Crippen molar-refractivity contribution < 1.29 is 4.74 Å². The summed E-state index contributed by atoms with van der Waals surface area (Å²) in [5, 5.41) is 3.53. The SMILES string of the molecule is CC(C)C(CN)CNCC1CCCOC1. The second-order valence-corrected chi connectivity index (χ2v) is 4.98. The lowest BCUT2D eigenvalue weighted by atomic mass is 9.95. The van der Waals surface area contributed by atoms with Crippen LogP contribution in [-0.2, 0) is 4.74 Å². The Kier molecular flexibility index (Phi) is 6.22. The summed E-state index contributed by atoms with van der Waals surface area (Å²) in [6.07, 6.45) is 2.53. The molecule has 3 N–H and O–H groups in total. The van der Waals surface area contributed by atoms with Crippen LogP contribution in [0.4, 0.5) is 0 Å². The van der Waals surface area contributed by atoms with Gasteiger partial charge in [-0.2, -0.15) is 0 Å². The summed E-state index contributed by atoms with van der Waals surface area (Å²) in [4.78, 5) is 0. The molecule has 15 heavy (non-hydrogen) atoms. The first-order valence-electron chi connectivity index (χ1n) is 6.22. The van der Waals surface area contributed by atoms with Crippen LogP contribution in [0.3, 0.4) is 0 Å². The predicted octanol–water partition coefficient (Wildman–Crippen LogP) is 1.23. The second-order valence-electron chi connectivity index (χ2n) is 4.98. The topological polar surface area (TPSA) is 47.3 Å². The molecule has 0 bridgehead atoms. The maximum absolute atomic E-state index is 5.73. The zero-order chi connectivity index (χ0) is 11.1. The zero-order valence-corrected chi connectivity index (χ0v) is 10.2. The number of hydrogen-bond acceptors (Lipinski definition) is 3. The largest absolute Gasteiger partial charge is 0.381 e. The van der Waals surface area contributed by atoms with Crippen LogP contribution in [0.2, 0.25) is 0 Å². The van der Waals surface area contributed by atoms with E-state index in [2.05, 4.69) is 19.2 Å². The molecule has 0 amide bonds. The smallest absolute Gasteiger partial charge is 0.0506 e. The lowest BCUT2D eigenvalue weighted by Gasteiger charge is -2.24. The van der Waals surface area contributed by atoms with Gasteiger partial charge in [-0.3, -0.25) is 0 Å². The van der Waals surface area contributed by atoms with Crippen LogP contribution >= 0.6 is 0 Å². The molecule has 0 saturated carbocycles. The zero-order valence-electron chi connectivity index (χ0n) is 10.2. The van der Waals surface area contributed by atoms with E-state index in [4.69, 9.17) is 10.5 Å². The molecule has 2 unspecified atom stereocenters. The second kappa shape index (κ2) is 7.20. The van der Waals surface area contributed by atoms with Crippen molar-refractivity contribution in [2.75, 3.05) is 32.8 Å². The van der Waals surface area contributed by atoms with Crippen molar-refractivity contribution in [2.45, 2.75) is 26.7 Å². The predicted molar refractivity (Wildman–Crippen MR) is 63.8 cm³/mol. The van der Waals surface area contributed by atoms with Gasteiger partial charge in [0, 0.05) is 13.2 Å². The Morgan fingerprint density at radius 2 is 2.27 bits per heavy atom. The molecule has 3 nitrogen and oxygen atoms in total. The summed E-state index contributed by atoms with van der Waals surface area (Å²) in [6, 6.07) is 0. The highest BCUT2D eigenvalue weighted by Crippen LogP contribution is 2.13. The van der Waals surface area contributed by atoms with E-state index >= 15 is 0 Å². The van der Waals surface area contributed by atoms with Crippen molar-refractivity contribution >= 4 is 0 Å². The molecule has 3 heteroatoms. The molecule has 2 atom stereocenters. The quantitative estimate of drug-likeness (QED) is 0.699. The molecular weight excluding hydrogens is 188 g/mol. The average Bonchev–Trinajstić information content (AvgIpc) is 2.25. The van der Waals surface area contributed by atoms with Crippen molar-refractivity contribution in [1.29, 1.82) is 0 Å². The molecular formula is C12H26N2O. The van der Waals surface area contributed by atoms with E-state index in [1.54, 1.807) is 0 Å². The fraction of sp³-hybridized carbons (Fsp3) is 1.00. The van der Waals surface area contributed by atoms with Crippen molar-refractivity contribution in [3.63, 3.8) is 0 Å². The highest BCUT2D eigenvalue weighted by Gasteiger charge is 2.15. The van der Waals surface area contributed by atoms with Crippen LogP contribution < -0.4 is 11.1 Å². The minimum atomic E-state index is 0.606. The Bertz CT molecular complexity index is 156. The third-order valence-corrected chi connectivity index (χ3v) is 3.34. The molecule has 1 aliphatic heterocycles. The molecule has 0 radical (unpaired) electrons. The number of nitrogens with two attached hydrogens (primary N) is 1. The van der Waals surface area contributed by atoms with Crippen LogP contribution in [0.15, 0.2) is 0 Å². The van der Waals surface area contributed by atoms with Crippen molar-refractivity contribution in [3.8, 4) is 0 Å². The first-order valence-corrected chi connectivity index (χ1v) is 6.22. The van der Waals surface area contributed by atoms with Crippen LogP contribution in [0.1, 0.15) is 26.7 Å². The maximum Gasteiger partial charge on any atom is 0.0506 e. The maximum atomic E-state index is 5.73. The van der Waals surface area contributed by atoms with Gasteiger partial charge in [-0.1, -0.05) is 13.8 Å². The molecule has 0 aromatic rings. The molecule has 1 aliphatic rings. The van der Waals surface area contributed by atoms with Gasteiger partial charge in [0.2, 0.25) is 0 Å². The van der Waals surface area contributed by atoms with Crippen molar-refractivity contribution in [2.24, 2.45) is 23.5 Å². The Morgan fingerprint density at radius 1 is 1.47 bits per heavy atom. The third-order valence-electron chi connectivity index (χ3n) is 3.34.